The monoisotopic (exact) mass is 353 g/mol. The maximum atomic E-state index is 13.3. The fourth-order valence-corrected chi connectivity index (χ4v) is 4.05. The lowest BCUT2D eigenvalue weighted by Crippen LogP contribution is -2.39. The second-order valence-electron chi connectivity index (χ2n) is 7.35. The van der Waals surface area contributed by atoms with E-state index in [9.17, 15) is 9.18 Å². The van der Waals surface area contributed by atoms with Crippen molar-refractivity contribution in [2.45, 2.75) is 31.7 Å². The summed E-state index contributed by atoms with van der Waals surface area (Å²) in [5.41, 5.74) is 3.28. The molecular formula is C21H20FNO3. The highest BCUT2D eigenvalue weighted by Crippen LogP contribution is 2.44. The maximum absolute atomic E-state index is 13.3. The van der Waals surface area contributed by atoms with Crippen LogP contribution in [0.15, 0.2) is 36.4 Å². The number of carbonyl (C=O) groups is 1. The molecule has 1 saturated carbocycles. The minimum absolute atomic E-state index is 0.155. The van der Waals surface area contributed by atoms with Crippen molar-refractivity contribution in [2.75, 3.05) is 13.3 Å². The van der Waals surface area contributed by atoms with E-state index in [2.05, 4.69) is 0 Å². The van der Waals surface area contributed by atoms with E-state index in [1.165, 1.54) is 17.7 Å². The molecule has 0 radical (unpaired) electrons. The Morgan fingerprint density at radius 3 is 2.46 bits per heavy atom. The predicted octanol–water partition coefficient (Wildman–Crippen LogP) is 3.63. The summed E-state index contributed by atoms with van der Waals surface area (Å²) in [4.78, 5) is 15.2. The van der Waals surface area contributed by atoms with Gasteiger partial charge in [-0.3, -0.25) is 4.79 Å². The number of nitrogens with zero attached hydrogens (tertiary/aromatic N) is 1. The van der Waals surface area contributed by atoms with E-state index in [-0.39, 0.29) is 24.4 Å². The maximum Gasteiger partial charge on any atom is 0.231 e. The average molecular weight is 353 g/mol. The smallest absolute Gasteiger partial charge is 0.231 e. The molecule has 0 N–H and O–H groups in total. The molecule has 2 aliphatic heterocycles. The fraction of sp³-hybridized carbons (Fsp3) is 0.381. The number of hydrogen-bond donors (Lipinski definition) is 0. The zero-order chi connectivity index (χ0) is 17.7. The molecule has 1 atom stereocenters. The van der Waals surface area contributed by atoms with E-state index < -0.39 is 0 Å². The van der Waals surface area contributed by atoms with Crippen LogP contribution in [0.25, 0.3) is 0 Å². The predicted molar refractivity (Wildman–Crippen MR) is 93.6 cm³/mol. The van der Waals surface area contributed by atoms with Gasteiger partial charge in [0.1, 0.15) is 5.82 Å². The molecule has 1 unspecified atom stereocenters. The third kappa shape index (κ3) is 2.71. The first-order valence-corrected chi connectivity index (χ1v) is 9.15. The summed E-state index contributed by atoms with van der Waals surface area (Å²) < 4.78 is 24.2. The molecule has 3 aliphatic rings. The molecule has 1 aliphatic carbocycles. The van der Waals surface area contributed by atoms with Gasteiger partial charge in [0.25, 0.3) is 0 Å². The standard InChI is InChI=1S/C21H20FNO3/c22-17-5-3-14(4-6-17)20(13-1-2-13)21(24)23-8-7-15-9-18-19(26-12-25-18)10-16(15)11-23/h3-6,9-10,13,20H,1-2,7-8,11-12H2. The molecule has 0 bridgehead atoms. The Morgan fingerprint density at radius 2 is 1.77 bits per heavy atom. The van der Waals surface area contributed by atoms with Crippen LogP contribution in [0.1, 0.15) is 35.4 Å². The zero-order valence-corrected chi connectivity index (χ0v) is 14.4. The lowest BCUT2D eigenvalue weighted by molar-refractivity contribution is -0.134. The Bertz CT molecular complexity index is 860. The van der Waals surface area contributed by atoms with Gasteiger partial charge in [0.2, 0.25) is 12.7 Å². The lowest BCUT2D eigenvalue weighted by atomic mass is 9.91. The number of carbonyl (C=O) groups excluding carboxylic acids is 1. The molecule has 0 aromatic heterocycles. The zero-order valence-electron chi connectivity index (χ0n) is 14.4. The molecule has 2 heterocycles. The summed E-state index contributed by atoms with van der Waals surface area (Å²) in [5.74, 6) is 1.67. The van der Waals surface area contributed by atoms with Crippen molar-refractivity contribution in [3.63, 3.8) is 0 Å². The molecule has 1 fully saturated rings. The van der Waals surface area contributed by atoms with E-state index >= 15 is 0 Å². The van der Waals surface area contributed by atoms with Crippen LogP contribution < -0.4 is 9.47 Å². The topological polar surface area (TPSA) is 38.8 Å². The van der Waals surface area contributed by atoms with Crippen LogP contribution >= 0.6 is 0 Å². The molecule has 5 heteroatoms. The second-order valence-corrected chi connectivity index (χ2v) is 7.35. The summed E-state index contributed by atoms with van der Waals surface area (Å²) in [7, 11) is 0. The average Bonchev–Trinajstić information content (AvgIpc) is 3.38. The van der Waals surface area contributed by atoms with Gasteiger partial charge in [0.15, 0.2) is 11.5 Å². The second kappa shape index (κ2) is 6.01. The van der Waals surface area contributed by atoms with E-state index in [0.29, 0.717) is 19.0 Å². The van der Waals surface area contributed by atoms with Crippen molar-refractivity contribution < 1.29 is 18.7 Å². The van der Waals surface area contributed by atoms with Gasteiger partial charge in [-0.25, -0.2) is 4.39 Å². The van der Waals surface area contributed by atoms with Gasteiger partial charge in [-0.15, -0.1) is 0 Å². The van der Waals surface area contributed by atoms with Gasteiger partial charge in [-0.05, 0) is 66.1 Å². The van der Waals surface area contributed by atoms with Crippen molar-refractivity contribution in [1.29, 1.82) is 0 Å². The van der Waals surface area contributed by atoms with Crippen molar-refractivity contribution in [2.24, 2.45) is 5.92 Å². The molecule has 2 aromatic carbocycles. The number of rotatable bonds is 3. The van der Waals surface area contributed by atoms with E-state index in [1.54, 1.807) is 12.1 Å². The van der Waals surface area contributed by atoms with Crippen molar-refractivity contribution in [3.05, 3.63) is 58.9 Å². The van der Waals surface area contributed by atoms with Crippen LogP contribution in [0.2, 0.25) is 0 Å². The lowest BCUT2D eigenvalue weighted by Gasteiger charge is -2.32. The molecule has 0 spiro atoms. The minimum atomic E-state index is -0.265. The van der Waals surface area contributed by atoms with Crippen LogP contribution in [0.5, 0.6) is 11.5 Å². The van der Waals surface area contributed by atoms with E-state index in [0.717, 1.165) is 41.9 Å². The molecular weight excluding hydrogens is 333 g/mol. The molecule has 2 aromatic rings. The van der Waals surface area contributed by atoms with Gasteiger partial charge in [0, 0.05) is 13.1 Å². The fourth-order valence-electron chi connectivity index (χ4n) is 4.05. The van der Waals surface area contributed by atoms with E-state index in [1.807, 2.05) is 17.0 Å². The number of halogens is 1. The first-order chi connectivity index (χ1) is 12.7. The van der Waals surface area contributed by atoms with Crippen molar-refractivity contribution in [1.82, 2.24) is 4.90 Å². The molecule has 0 saturated heterocycles. The summed E-state index contributed by atoms with van der Waals surface area (Å²) in [6, 6.07) is 10.4. The van der Waals surface area contributed by atoms with Crippen LogP contribution in [-0.2, 0) is 17.8 Å². The number of fused-ring (bicyclic) bond motifs is 2. The highest BCUT2D eigenvalue weighted by molar-refractivity contribution is 5.85. The van der Waals surface area contributed by atoms with Crippen LogP contribution in [0.3, 0.4) is 0 Å². The van der Waals surface area contributed by atoms with Gasteiger partial charge >= 0.3 is 0 Å². The molecule has 5 rings (SSSR count). The van der Waals surface area contributed by atoms with Crippen LogP contribution in [0, 0.1) is 11.7 Å². The van der Waals surface area contributed by atoms with Gasteiger partial charge < -0.3 is 14.4 Å². The number of hydrogen-bond acceptors (Lipinski definition) is 3. The molecule has 26 heavy (non-hydrogen) atoms. The Labute approximate surface area is 151 Å². The quantitative estimate of drug-likeness (QED) is 0.846. The highest BCUT2D eigenvalue weighted by atomic mass is 19.1. The molecule has 4 nitrogen and oxygen atoms in total. The van der Waals surface area contributed by atoms with Crippen molar-refractivity contribution >= 4 is 5.91 Å². The third-order valence-electron chi connectivity index (χ3n) is 5.61. The number of amides is 1. The van der Waals surface area contributed by atoms with Crippen LogP contribution in [0.4, 0.5) is 4.39 Å². The van der Waals surface area contributed by atoms with Gasteiger partial charge in [-0.2, -0.15) is 0 Å². The SMILES string of the molecule is O=C(C(c1ccc(F)cc1)C1CC1)N1CCc2cc3c(cc2C1)OCO3. The van der Waals surface area contributed by atoms with Crippen molar-refractivity contribution in [3.8, 4) is 11.5 Å². The Kier molecular flexibility index (Phi) is 3.62. The summed E-state index contributed by atoms with van der Waals surface area (Å²) in [5, 5.41) is 0. The largest absolute Gasteiger partial charge is 0.454 e. The summed E-state index contributed by atoms with van der Waals surface area (Å²) >= 11 is 0. The van der Waals surface area contributed by atoms with Gasteiger partial charge in [0.05, 0.1) is 5.92 Å². The first-order valence-electron chi connectivity index (χ1n) is 9.15. The van der Waals surface area contributed by atoms with E-state index in [4.69, 9.17) is 9.47 Å². The Hall–Kier alpha value is -2.56. The Balaban J connectivity index is 1.40. The Morgan fingerprint density at radius 1 is 1.08 bits per heavy atom. The highest BCUT2D eigenvalue weighted by Gasteiger charge is 2.40. The molecule has 1 amide bonds. The third-order valence-corrected chi connectivity index (χ3v) is 5.61. The first kappa shape index (κ1) is 15.7. The molecule has 134 valence electrons. The normalized spacial score (nSPS) is 19.2. The van der Waals surface area contributed by atoms with Gasteiger partial charge in [-0.1, -0.05) is 12.1 Å². The van der Waals surface area contributed by atoms with Crippen LogP contribution in [-0.4, -0.2) is 24.1 Å². The summed E-state index contributed by atoms with van der Waals surface area (Å²) in [6.07, 6.45) is 2.95. The number of ether oxygens (including phenoxy) is 2. The number of benzene rings is 2. The minimum Gasteiger partial charge on any atom is -0.454 e. The summed E-state index contributed by atoms with van der Waals surface area (Å²) in [6.45, 7) is 1.56.